The van der Waals surface area contributed by atoms with E-state index < -0.39 is 0 Å². The van der Waals surface area contributed by atoms with Crippen molar-refractivity contribution in [3.63, 3.8) is 0 Å². The standard InChI is InChI=1S/C25H26N2O3/c1-3-27(4-2)25(29)21-14-16-22(17-15-21)26-24(28)20-12-10-19(11-13-20)18-30-23-8-6-5-7-9-23/h5-17H,3-4,18H2,1-2H3,(H,26,28). The Labute approximate surface area is 177 Å². The third-order valence-corrected chi connectivity index (χ3v) is 4.81. The number of nitrogens with one attached hydrogen (secondary N) is 1. The lowest BCUT2D eigenvalue weighted by Gasteiger charge is -2.18. The molecule has 1 N–H and O–H groups in total. The second-order valence-corrected chi connectivity index (χ2v) is 6.81. The number of anilines is 1. The molecule has 3 aromatic rings. The maximum Gasteiger partial charge on any atom is 0.255 e. The number of carbonyl (C=O) groups excluding carboxylic acids is 2. The number of benzene rings is 3. The fraction of sp³-hybridized carbons (Fsp3) is 0.200. The molecule has 0 saturated heterocycles. The summed E-state index contributed by atoms with van der Waals surface area (Å²) < 4.78 is 5.72. The van der Waals surface area contributed by atoms with Crippen LogP contribution in [0.4, 0.5) is 5.69 Å². The first-order valence-corrected chi connectivity index (χ1v) is 10.1. The van der Waals surface area contributed by atoms with Crippen LogP contribution in [0.3, 0.4) is 0 Å². The van der Waals surface area contributed by atoms with Crippen molar-refractivity contribution in [2.75, 3.05) is 18.4 Å². The van der Waals surface area contributed by atoms with Crippen molar-refractivity contribution in [2.45, 2.75) is 20.5 Å². The van der Waals surface area contributed by atoms with Gasteiger partial charge in [-0.3, -0.25) is 9.59 Å². The number of hydrogen-bond acceptors (Lipinski definition) is 3. The van der Waals surface area contributed by atoms with Gasteiger partial charge in [0.15, 0.2) is 0 Å². The molecule has 3 rings (SSSR count). The maximum atomic E-state index is 12.5. The molecule has 154 valence electrons. The molecule has 0 aliphatic carbocycles. The van der Waals surface area contributed by atoms with Gasteiger partial charge in [0.1, 0.15) is 12.4 Å². The first-order chi connectivity index (χ1) is 14.6. The molecule has 0 heterocycles. The number of amides is 2. The molecule has 2 amide bonds. The largest absolute Gasteiger partial charge is 0.489 e. The highest BCUT2D eigenvalue weighted by Gasteiger charge is 2.12. The van der Waals surface area contributed by atoms with Gasteiger partial charge in [-0.25, -0.2) is 0 Å². The first kappa shape index (κ1) is 21.1. The third-order valence-electron chi connectivity index (χ3n) is 4.81. The van der Waals surface area contributed by atoms with Gasteiger partial charge in [-0.2, -0.15) is 0 Å². The number of para-hydroxylation sites is 1. The van der Waals surface area contributed by atoms with Gasteiger partial charge in [0.2, 0.25) is 0 Å². The number of nitrogens with zero attached hydrogens (tertiary/aromatic N) is 1. The topological polar surface area (TPSA) is 58.6 Å². The molecular formula is C25H26N2O3. The van der Waals surface area contributed by atoms with E-state index in [1.54, 1.807) is 41.3 Å². The second-order valence-electron chi connectivity index (χ2n) is 6.81. The van der Waals surface area contributed by atoms with Crippen LogP contribution >= 0.6 is 0 Å². The van der Waals surface area contributed by atoms with Gasteiger partial charge >= 0.3 is 0 Å². The van der Waals surface area contributed by atoms with Crippen molar-refractivity contribution in [3.05, 3.63) is 95.6 Å². The highest BCUT2D eigenvalue weighted by molar-refractivity contribution is 6.04. The SMILES string of the molecule is CCN(CC)C(=O)c1ccc(NC(=O)c2ccc(COc3ccccc3)cc2)cc1. The summed E-state index contributed by atoms with van der Waals surface area (Å²) in [5.41, 5.74) is 2.79. The van der Waals surface area contributed by atoms with E-state index in [-0.39, 0.29) is 11.8 Å². The van der Waals surface area contributed by atoms with Crippen LogP contribution in [0.25, 0.3) is 0 Å². The van der Waals surface area contributed by atoms with E-state index in [1.807, 2.05) is 56.3 Å². The van der Waals surface area contributed by atoms with Crippen LogP contribution in [0, 0.1) is 0 Å². The lowest BCUT2D eigenvalue weighted by atomic mass is 10.1. The molecule has 3 aromatic carbocycles. The Morgan fingerprint density at radius 3 is 2.00 bits per heavy atom. The molecule has 0 saturated carbocycles. The average molecular weight is 402 g/mol. The van der Waals surface area contributed by atoms with Gasteiger partial charge in [0.25, 0.3) is 11.8 Å². The minimum absolute atomic E-state index is 0.00816. The molecule has 0 fully saturated rings. The quantitative estimate of drug-likeness (QED) is 0.577. The molecular weight excluding hydrogens is 376 g/mol. The Morgan fingerprint density at radius 2 is 1.40 bits per heavy atom. The van der Waals surface area contributed by atoms with Crippen molar-refractivity contribution in [3.8, 4) is 5.75 Å². The number of hydrogen-bond donors (Lipinski definition) is 1. The number of rotatable bonds is 8. The highest BCUT2D eigenvalue weighted by Crippen LogP contribution is 2.15. The summed E-state index contributed by atoms with van der Waals surface area (Å²) in [6.07, 6.45) is 0. The molecule has 0 atom stereocenters. The lowest BCUT2D eigenvalue weighted by molar-refractivity contribution is 0.0773. The van der Waals surface area contributed by atoms with E-state index in [9.17, 15) is 9.59 Å². The molecule has 0 aliphatic heterocycles. The summed E-state index contributed by atoms with van der Waals surface area (Å²) in [6, 6.07) is 23.9. The fourth-order valence-corrected chi connectivity index (χ4v) is 3.03. The smallest absolute Gasteiger partial charge is 0.255 e. The minimum atomic E-state index is -0.201. The van der Waals surface area contributed by atoms with Gasteiger partial charge in [0.05, 0.1) is 0 Å². The molecule has 30 heavy (non-hydrogen) atoms. The van der Waals surface area contributed by atoms with Crippen LogP contribution in [0.5, 0.6) is 5.75 Å². The van der Waals surface area contributed by atoms with Crippen molar-refractivity contribution in [1.82, 2.24) is 4.90 Å². The summed E-state index contributed by atoms with van der Waals surface area (Å²) in [7, 11) is 0. The molecule has 5 nitrogen and oxygen atoms in total. The predicted octanol–water partition coefficient (Wildman–Crippen LogP) is 5.00. The zero-order valence-corrected chi connectivity index (χ0v) is 17.3. The zero-order valence-electron chi connectivity index (χ0n) is 17.3. The summed E-state index contributed by atoms with van der Waals surface area (Å²) in [6.45, 7) is 5.68. The van der Waals surface area contributed by atoms with E-state index >= 15 is 0 Å². The van der Waals surface area contributed by atoms with Gasteiger partial charge < -0.3 is 15.0 Å². The van der Waals surface area contributed by atoms with Crippen LogP contribution < -0.4 is 10.1 Å². The summed E-state index contributed by atoms with van der Waals surface area (Å²) in [5.74, 6) is 0.599. The fourth-order valence-electron chi connectivity index (χ4n) is 3.03. The Hall–Kier alpha value is -3.60. The van der Waals surface area contributed by atoms with E-state index in [2.05, 4.69) is 5.32 Å². The minimum Gasteiger partial charge on any atom is -0.489 e. The van der Waals surface area contributed by atoms with Crippen LogP contribution in [0.1, 0.15) is 40.1 Å². The van der Waals surface area contributed by atoms with Crippen LogP contribution in [0.15, 0.2) is 78.9 Å². The van der Waals surface area contributed by atoms with E-state index in [0.29, 0.717) is 36.5 Å². The monoisotopic (exact) mass is 402 g/mol. The van der Waals surface area contributed by atoms with E-state index in [0.717, 1.165) is 11.3 Å². The highest BCUT2D eigenvalue weighted by atomic mass is 16.5. The van der Waals surface area contributed by atoms with Gasteiger partial charge in [-0.15, -0.1) is 0 Å². The summed E-state index contributed by atoms with van der Waals surface area (Å²) >= 11 is 0. The summed E-state index contributed by atoms with van der Waals surface area (Å²) in [4.78, 5) is 26.6. The summed E-state index contributed by atoms with van der Waals surface area (Å²) in [5, 5.41) is 2.86. The maximum absolute atomic E-state index is 12.5. The Balaban J connectivity index is 1.57. The molecule has 0 unspecified atom stereocenters. The Bertz CT molecular complexity index is 964. The predicted molar refractivity (Wildman–Crippen MR) is 119 cm³/mol. The van der Waals surface area contributed by atoms with Crippen molar-refractivity contribution < 1.29 is 14.3 Å². The van der Waals surface area contributed by atoms with E-state index in [1.165, 1.54) is 0 Å². The molecule has 0 aromatic heterocycles. The third kappa shape index (κ3) is 5.47. The molecule has 5 heteroatoms. The lowest BCUT2D eigenvalue weighted by Crippen LogP contribution is -2.30. The zero-order chi connectivity index (χ0) is 21.3. The van der Waals surface area contributed by atoms with Crippen molar-refractivity contribution in [1.29, 1.82) is 0 Å². The van der Waals surface area contributed by atoms with Crippen molar-refractivity contribution >= 4 is 17.5 Å². The first-order valence-electron chi connectivity index (χ1n) is 10.1. The van der Waals surface area contributed by atoms with Gasteiger partial charge in [-0.05, 0) is 67.9 Å². The molecule has 0 radical (unpaired) electrons. The van der Waals surface area contributed by atoms with Crippen LogP contribution in [0.2, 0.25) is 0 Å². The van der Waals surface area contributed by atoms with Crippen LogP contribution in [-0.2, 0) is 6.61 Å². The van der Waals surface area contributed by atoms with Crippen LogP contribution in [-0.4, -0.2) is 29.8 Å². The second kappa shape index (κ2) is 10.3. The Morgan fingerprint density at radius 1 is 0.800 bits per heavy atom. The van der Waals surface area contributed by atoms with Gasteiger partial charge in [0, 0.05) is 29.9 Å². The molecule has 0 bridgehead atoms. The van der Waals surface area contributed by atoms with Crippen molar-refractivity contribution in [2.24, 2.45) is 0 Å². The molecule has 0 aliphatic rings. The average Bonchev–Trinajstić information content (AvgIpc) is 2.80. The number of carbonyl (C=O) groups is 2. The van der Waals surface area contributed by atoms with Gasteiger partial charge in [-0.1, -0.05) is 30.3 Å². The normalized spacial score (nSPS) is 10.3. The Kier molecular flexibility index (Phi) is 7.22. The van der Waals surface area contributed by atoms with E-state index in [4.69, 9.17) is 4.74 Å². The number of ether oxygens (including phenoxy) is 1. The molecule has 0 spiro atoms.